The number of carbonyl (C=O) groups is 2. The number of hydrogen-bond donors (Lipinski definition) is 3. The van der Waals surface area contributed by atoms with Gasteiger partial charge >= 0.3 is 12.1 Å². The third-order valence-corrected chi connectivity index (χ3v) is 5.55. The van der Waals surface area contributed by atoms with Crippen molar-refractivity contribution in [2.24, 2.45) is 0 Å². The molecular formula is C27H28F3N3O5. The summed E-state index contributed by atoms with van der Waals surface area (Å²) in [5.41, 5.74) is 1.70. The van der Waals surface area contributed by atoms with Gasteiger partial charge in [0, 0.05) is 37.8 Å². The summed E-state index contributed by atoms with van der Waals surface area (Å²) in [5, 5.41) is 13.9. The highest BCUT2D eigenvalue weighted by molar-refractivity contribution is 5.74. The molecule has 0 radical (unpaired) electrons. The maximum Gasteiger partial charge on any atom is 0.404 e. The quantitative estimate of drug-likeness (QED) is 0.314. The van der Waals surface area contributed by atoms with E-state index in [9.17, 15) is 22.8 Å². The monoisotopic (exact) mass is 531 g/mol. The van der Waals surface area contributed by atoms with Gasteiger partial charge in [-0.3, -0.25) is 0 Å². The highest BCUT2D eigenvalue weighted by atomic mass is 19.1. The van der Waals surface area contributed by atoms with E-state index in [2.05, 4.69) is 10.6 Å². The van der Waals surface area contributed by atoms with Crippen LogP contribution < -0.4 is 20.1 Å². The fourth-order valence-electron chi connectivity index (χ4n) is 3.57. The zero-order valence-electron chi connectivity index (χ0n) is 20.7. The van der Waals surface area contributed by atoms with Gasteiger partial charge in [0.15, 0.2) is 11.5 Å². The molecule has 3 aromatic carbocycles. The van der Waals surface area contributed by atoms with Crippen molar-refractivity contribution in [2.45, 2.75) is 19.6 Å². The molecule has 0 saturated heterocycles. The molecule has 0 heterocycles. The minimum Gasteiger partial charge on any atom is -0.493 e. The van der Waals surface area contributed by atoms with Gasteiger partial charge in [0.1, 0.15) is 24.1 Å². The summed E-state index contributed by atoms with van der Waals surface area (Å²) in [5.74, 6) is -1.09. The van der Waals surface area contributed by atoms with Crippen LogP contribution in [0.25, 0.3) is 0 Å². The second-order valence-electron chi connectivity index (χ2n) is 8.27. The molecule has 3 N–H and O–H groups in total. The molecule has 0 aromatic heterocycles. The summed E-state index contributed by atoms with van der Waals surface area (Å²) in [7, 11) is 1.43. The molecule has 0 aliphatic heterocycles. The molecule has 8 nitrogen and oxygen atoms in total. The summed E-state index contributed by atoms with van der Waals surface area (Å²) < 4.78 is 51.2. The Hall–Kier alpha value is -4.41. The second kappa shape index (κ2) is 13.8. The molecule has 0 unspecified atom stereocenters. The van der Waals surface area contributed by atoms with Crippen molar-refractivity contribution in [3.63, 3.8) is 0 Å². The first-order chi connectivity index (χ1) is 18.2. The summed E-state index contributed by atoms with van der Waals surface area (Å²) in [4.78, 5) is 25.2. The molecular weight excluding hydrogens is 503 g/mol. The van der Waals surface area contributed by atoms with E-state index in [-0.39, 0.29) is 37.6 Å². The first-order valence-electron chi connectivity index (χ1n) is 11.7. The van der Waals surface area contributed by atoms with Crippen molar-refractivity contribution >= 4 is 12.1 Å². The Labute approximate surface area is 218 Å². The minimum atomic E-state index is -1.21. The van der Waals surface area contributed by atoms with E-state index in [1.54, 1.807) is 30.3 Å². The lowest BCUT2D eigenvalue weighted by molar-refractivity contribution is 0.184. The topological polar surface area (TPSA) is 100 Å². The van der Waals surface area contributed by atoms with Crippen LogP contribution in [0.5, 0.6) is 11.5 Å². The van der Waals surface area contributed by atoms with Crippen LogP contribution in [-0.2, 0) is 19.6 Å². The first kappa shape index (κ1) is 28.2. The van der Waals surface area contributed by atoms with Crippen molar-refractivity contribution in [3.05, 3.63) is 94.8 Å². The van der Waals surface area contributed by atoms with E-state index in [1.807, 2.05) is 0 Å². The van der Waals surface area contributed by atoms with Gasteiger partial charge < -0.3 is 30.1 Å². The van der Waals surface area contributed by atoms with Crippen LogP contribution in [0, 0.1) is 17.5 Å². The number of rotatable bonds is 12. The number of nitrogens with one attached hydrogen (secondary N) is 2. The predicted octanol–water partition coefficient (Wildman–Crippen LogP) is 4.71. The van der Waals surface area contributed by atoms with Gasteiger partial charge in [-0.15, -0.1) is 0 Å². The molecule has 3 aromatic rings. The maximum atomic E-state index is 13.9. The summed E-state index contributed by atoms with van der Waals surface area (Å²) in [6, 6.07) is 13.7. The normalized spacial score (nSPS) is 10.5. The third kappa shape index (κ3) is 8.61. The number of methoxy groups -OCH3 is 1. The summed E-state index contributed by atoms with van der Waals surface area (Å²) in [6.07, 6.45) is -0.718. The molecule has 0 fully saturated rings. The summed E-state index contributed by atoms with van der Waals surface area (Å²) >= 11 is 0. The molecule has 0 spiro atoms. The van der Waals surface area contributed by atoms with Crippen LogP contribution >= 0.6 is 0 Å². The van der Waals surface area contributed by atoms with Crippen molar-refractivity contribution in [2.75, 3.05) is 26.7 Å². The Bertz CT molecular complexity index is 1240. The van der Waals surface area contributed by atoms with Gasteiger partial charge in [-0.05, 0) is 53.9 Å². The zero-order chi connectivity index (χ0) is 27.5. The largest absolute Gasteiger partial charge is 0.493 e. The lowest BCUT2D eigenvalue weighted by Crippen LogP contribution is -2.44. The van der Waals surface area contributed by atoms with Gasteiger partial charge in [-0.1, -0.05) is 18.2 Å². The number of carboxylic acid groups (broad SMARTS) is 1. The Kier molecular flexibility index (Phi) is 10.2. The van der Waals surface area contributed by atoms with Crippen LogP contribution in [0.15, 0.2) is 60.7 Å². The van der Waals surface area contributed by atoms with Crippen LogP contribution in [0.3, 0.4) is 0 Å². The van der Waals surface area contributed by atoms with E-state index in [0.29, 0.717) is 30.0 Å². The van der Waals surface area contributed by atoms with Gasteiger partial charge in [-0.2, -0.15) is 0 Å². The van der Waals surface area contributed by atoms with Gasteiger partial charge in [-0.25, -0.2) is 22.8 Å². The fraction of sp³-hybridized carbons (Fsp3) is 0.259. The lowest BCUT2D eigenvalue weighted by atomic mass is 10.1. The molecule has 0 aliphatic rings. The van der Waals surface area contributed by atoms with E-state index in [0.717, 1.165) is 17.7 Å². The molecule has 0 bridgehead atoms. The molecule has 3 amide bonds. The van der Waals surface area contributed by atoms with E-state index in [4.69, 9.17) is 14.6 Å². The smallest absolute Gasteiger partial charge is 0.404 e. The lowest BCUT2D eigenvalue weighted by Gasteiger charge is -2.24. The molecule has 0 atom stereocenters. The molecule has 11 heteroatoms. The van der Waals surface area contributed by atoms with Crippen molar-refractivity contribution < 1.29 is 37.3 Å². The Balaban J connectivity index is 1.64. The Morgan fingerprint density at radius 2 is 1.58 bits per heavy atom. The molecule has 0 saturated carbocycles. The zero-order valence-corrected chi connectivity index (χ0v) is 20.7. The number of carbonyl (C=O) groups excluding carboxylic acids is 1. The second-order valence-corrected chi connectivity index (χ2v) is 8.27. The van der Waals surface area contributed by atoms with Gasteiger partial charge in [0.25, 0.3) is 0 Å². The van der Waals surface area contributed by atoms with Gasteiger partial charge in [0.05, 0.1) is 7.11 Å². The predicted molar refractivity (Wildman–Crippen MR) is 134 cm³/mol. The Morgan fingerprint density at radius 1 is 0.868 bits per heavy atom. The van der Waals surface area contributed by atoms with Crippen LogP contribution in [0.1, 0.15) is 16.7 Å². The molecule has 3 rings (SSSR count). The first-order valence-corrected chi connectivity index (χ1v) is 11.7. The fourth-order valence-corrected chi connectivity index (χ4v) is 3.57. The molecule has 38 heavy (non-hydrogen) atoms. The van der Waals surface area contributed by atoms with Crippen molar-refractivity contribution in [1.29, 1.82) is 0 Å². The number of ether oxygens (including phenoxy) is 2. The number of amides is 3. The van der Waals surface area contributed by atoms with Crippen LogP contribution in [0.4, 0.5) is 22.8 Å². The number of benzene rings is 3. The molecule has 202 valence electrons. The Morgan fingerprint density at radius 3 is 2.26 bits per heavy atom. The van der Waals surface area contributed by atoms with E-state index in [1.165, 1.54) is 30.2 Å². The van der Waals surface area contributed by atoms with Crippen molar-refractivity contribution in [1.82, 2.24) is 15.5 Å². The number of halogens is 3. The van der Waals surface area contributed by atoms with Crippen LogP contribution in [-0.4, -0.2) is 48.9 Å². The number of urea groups is 1. The third-order valence-electron chi connectivity index (χ3n) is 5.55. The maximum absolute atomic E-state index is 13.9. The van der Waals surface area contributed by atoms with E-state index < -0.39 is 23.8 Å². The average Bonchev–Trinajstić information content (AvgIpc) is 2.89. The van der Waals surface area contributed by atoms with E-state index >= 15 is 0 Å². The minimum absolute atomic E-state index is 0.0161. The highest BCUT2D eigenvalue weighted by Gasteiger charge is 2.16. The SMILES string of the molecule is COc1cc(CN(CCNC(=O)O)C(=O)NCCc2ccc(F)cc2)ccc1OCc1ccc(F)cc1F. The molecule has 0 aliphatic carbocycles. The highest BCUT2D eigenvalue weighted by Crippen LogP contribution is 2.29. The van der Waals surface area contributed by atoms with Gasteiger partial charge in [0.2, 0.25) is 0 Å². The summed E-state index contributed by atoms with van der Waals surface area (Å²) in [6.45, 7) is 0.392. The van der Waals surface area contributed by atoms with Crippen LogP contribution in [0.2, 0.25) is 0 Å². The number of nitrogens with zero attached hydrogens (tertiary/aromatic N) is 1. The number of hydrogen-bond acceptors (Lipinski definition) is 4. The van der Waals surface area contributed by atoms with Crippen molar-refractivity contribution in [3.8, 4) is 11.5 Å². The average molecular weight is 532 g/mol. The standard InChI is InChI=1S/C27H28F3N3O5/c1-37-25-14-19(4-9-24(25)38-17-20-5-8-22(29)15-23(20)30)16-33(13-12-32-27(35)36)26(34)31-11-10-18-2-6-21(28)7-3-18/h2-9,14-15,32H,10-13,16-17H2,1H3,(H,31,34)(H,35,36).